The van der Waals surface area contributed by atoms with Crippen LogP contribution in [0.15, 0.2) is 24.3 Å². The van der Waals surface area contributed by atoms with Gasteiger partial charge >= 0.3 is 6.09 Å². The lowest BCUT2D eigenvalue weighted by Crippen LogP contribution is -2.51. The van der Waals surface area contributed by atoms with E-state index in [0.29, 0.717) is 12.1 Å². The van der Waals surface area contributed by atoms with E-state index in [1.165, 1.54) is 0 Å². The fourth-order valence-corrected chi connectivity index (χ4v) is 4.99. The molecule has 1 atom stereocenters. The first kappa shape index (κ1) is 15.4. The standard InChI is InChI=1S/C21H28N2O2S/c1-20(2,3)25-19(24)23-10-9-21(11-17(12-21)26-4)13-18(23)16-7-5-15(14-22)6-8-16/h5-8,17-18H,9-13H2,1-4H3/t17?,18-,21?/m0/s1/i4D3. The van der Waals surface area contributed by atoms with Crippen LogP contribution in [-0.2, 0) is 4.74 Å². The Hall–Kier alpha value is -1.67. The number of nitrogens with zero attached hydrogens (tertiary/aromatic N) is 2. The molecule has 1 amide bonds. The summed E-state index contributed by atoms with van der Waals surface area (Å²) in [6, 6.07) is 9.36. The highest BCUT2D eigenvalue weighted by Gasteiger charge is 2.50. The van der Waals surface area contributed by atoms with Gasteiger partial charge in [0.05, 0.1) is 17.7 Å². The molecule has 0 unspecified atom stereocenters. The maximum Gasteiger partial charge on any atom is 0.410 e. The highest BCUT2D eigenvalue weighted by atomic mass is 32.2. The maximum atomic E-state index is 12.9. The van der Waals surface area contributed by atoms with E-state index in [2.05, 4.69) is 6.07 Å². The number of hydrogen-bond donors (Lipinski definition) is 0. The first-order valence-electron chi connectivity index (χ1n) is 10.6. The number of hydrogen-bond acceptors (Lipinski definition) is 4. The molecule has 2 aliphatic rings. The summed E-state index contributed by atoms with van der Waals surface area (Å²) >= 11 is 1.09. The molecule has 26 heavy (non-hydrogen) atoms. The van der Waals surface area contributed by atoms with Gasteiger partial charge in [-0.15, -0.1) is 0 Å². The molecule has 1 saturated carbocycles. The summed E-state index contributed by atoms with van der Waals surface area (Å²) in [5.74, 6) is 0. The zero-order chi connectivity index (χ0) is 21.4. The molecule has 1 spiro atoms. The van der Waals surface area contributed by atoms with Crippen LogP contribution in [-0.4, -0.2) is 34.6 Å². The third-order valence-electron chi connectivity index (χ3n) is 5.43. The van der Waals surface area contributed by atoms with Crippen LogP contribution in [0.25, 0.3) is 0 Å². The average Bonchev–Trinajstić information content (AvgIpc) is 2.57. The van der Waals surface area contributed by atoms with E-state index in [1.54, 1.807) is 17.0 Å². The van der Waals surface area contributed by atoms with Gasteiger partial charge in [-0.25, -0.2) is 4.79 Å². The van der Waals surface area contributed by atoms with Gasteiger partial charge in [0.15, 0.2) is 0 Å². The summed E-state index contributed by atoms with van der Waals surface area (Å²) < 4.78 is 28.1. The molecule has 1 aliphatic carbocycles. The Labute approximate surface area is 165 Å². The van der Waals surface area contributed by atoms with Crippen molar-refractivity contribution in [2.24, 2.45) is 5.41 Å². The number of carbonyl (C=O) groups excluding carboxylic acids is 1. The number of piperidine rings is 1. The minimum Gasteiger partial charge on any atom is -0.444 e. The lowest BCUT2D eigenvalue weighted by Gasteiger charge is -2.54. The predicted molar refractivity (Wildman–Crippen MR) is 105 cm³/mol. The number of likely N-dealkylation sites (tertiary alicyclic amines) is 1. The molecule has 3 rings (SSSR count). The van der Waals surface area contributed by atoms with Gasteiger partial charge in [-0.1, -0.05) is 12.1 Å². The molecule has 140 valence electrons. The number of carbonyl (C=O) groups is 1. The zero-order valence-electron chi connectivity index (χ0n) is 18.6. The van der Waals surface area contributed by atoms with Gasteiger partial charge in [0.25, 0.3) is 0 Å². The van der Waals surface area contributed by atoms with Crippen LogP contribution >= 0.6 is 11.8 Å². The maximum absolute atomic E-state index is 12.9. The lowest BCUT2D eigenvalue weighted by molar-refractivity contribution is -0.0275. The van der Waals surface area contributed by atoms with E-state index < -0.39 is 11.8 Å². The van der Waals surface area contributed by atoms with E-state index in [4.69, 9.17) is 14.1 Å². The minimum atomic E-state index is -1.96. The molecule has 2 fully saturated rings. The van der Waals surface area contributed by atoms with Gasteiger partial charge < -0.3 is 9.64 Å². The van der Waals surface area contributed by atoms with E-state index >= 15 is 0 Å². The number of thioether (sulfide) groups is 1. The number of rotatable bonds is 2. The van der Waals surface area contributed by atoms with Crippen molar-refractivity contribution in [3.8, 4) is 6.07 Å². The summed E-state index contributed by atoms with van der Waals surface area (Å²) in [4.78, 5) is 14.7. The summed E-state index contributed by atoms with van der Waals surface area (Å²) in [5.41, 5.74) is 1.07. The lowest BCUT2D eigenvalue weighted by atomic mass is 9.60. The highest BCUT2D eigenvalue weighted by Crippen LogP contribution is 2.56. The van der Waals surface area contributed by atoms with Crippen LogP contribution in [0.1, 0.15) is 67.7 Å². The van der Waals surface area contributed by atoms with E-state index in [0.717, 1.165) is 43.0 Å². The summed E-state index contributed by atoms with van der Waals surface area (Å²) in [6.07, 6.45) is 1.09. The molecule has 4 nitrogen and oxygen atoms in total. The molecule has 1 saturated heterocycles. The van der Waals surface area contributed by atoms with Crippen molar-refractivity contribution >= 4 is 17.9 Å². The third kappa shape index (κ3) is 4.01. The first-order chi connectivity index (χ1) is 13.4. The van der Waals surface area contributed by atoms with Crippen LogP contribution in [0.2, 0.25) is 0 Å². The quantitative estimate of drug-likeness (QED) is 0.718. The molecular formula is C21H28N2O2S. The van der Waals surface area contributed by atoms with Crippen molar-refractivity contribution in [3.63, 3.8) is 0 Å². The highest BCUT2D eigenvalue weighted by molar-refractivity contribution is 7.99. The van der Waals surface area contributed by atoms with Gasteiger partial charge in [-0.3, -0.25) is 0 Å². The second-order valence-electron chi connectivity index (χ2n) is 8.53. The molecule has 1 aromatic carbocycles. The second-order valence-corrected chi connectivity index (χ2v) is 9.43. The monoisotopic (exact) mass is 375 g/mol. The summed E-state index contributed by atoms with van der Waals surface area (Å²) in [5, 5.41) is 9.23. The van der Waals surface area contributed by atoms with Gasteiger partial charge in [-0.2, -0.15) is 17.0 Å². The summed E-state index contributed by atoms with van der Waals surface area (Å²) in [7, 11) is 0. The van der Waals surface area contributed by atoms with Crippen molar-refractivity contribution in [3.05, 3.63) is 35.4 Å². The van der Waals surface area contributed by atoms with Crippen LogP contribution in [0.5, 0.6) is 0 Å². The normalized spacial score (nSPS) is 30.5. The Morgan fingerprint density at radius 2 is 2.04 bits per heavy atom. The Morgan fingerprint density at radius 3 is 2.62 bits per heavy atom. The Bertz CT molecular complexity index is 790. The molecule has 5 heteroatoms. The van der Waals surface area contributed by atoms with Gasteiger partial charge in [0, 0.05) is 15.9 Å². The Balaban J connectivity index is 1.79. The molecule has 0 N–H and O–H groups in total. The molecule has 0 aromatic heterocycles. The third-order valence-corrected chi connectivity index (χ3v) is 6.09. The topological polar surface area (TPSA) is 53.3 Å². The van der Waals surface area contributed by atoms with Crippen LogP contribution in [0.4, 0.5) is 4.79 Å². The smallest absolute Gasteiger partial charge is 0.410 e. The first-order valence-corrected chi connectivity index (χ1v) is 9.95. The molecule has 1 heterocycles. The van der Waals surface area contributed by atoms with E-state index in [9.17, 15) is 4.79 Å². The molecule has 1 aromatic rings. The minimum absolute atomic E-state index is 0.0694. The molecular weight excluding hydrogens is 344 g/mol. The van der Waals surface area contributed by atoms with Gasteiger partial charge in [0.1, 0.15) is 5.60 Å². The molecule has 0 radical (unpaired) electrons. The molecule has 1 aliphatic heterocycles. The zero-order valence-corrected chi connectivity index (χ0v) is 16.4. The number of benzene rings is 1. The van der Waals surface area contributed by atoms with Crippen molar-refractivity contribution in [2.45, 2.75) is 63.3 Å². The van der Waals surface area contributed by atoms with Crippen molar-refractivity contribution < 1.29 is 13.6 Å². The van der Waals surface area contributed by atoms with Crippen molar-refractivity contribution in [1.82, 2.24) is 4.90 Å². The Morgan fingerprint density at radius 1 is 1.35 bits per heavy atom. The SMILES string of the molecule is [2H]C([2H])([2H])SC1CC2(CCN(C(=O)OC(C)(C)C)[C@H](c3ccc(C#N)cc3)C2)C1. The van der Waals surface area contributed by atoms with E-state index in [-0.39, 0.29) is 22.8 Å². The van der Waals surface area contributed by atoms with Crippen molar-refractivity contribution in [1.29, 1.82) is 5.26 Å². The van der Waals surface area contributed by atoms with Crippen LogP contribution in [0, 0.1) is 16.7 Å². The molecule has 0 bridgehead atoms. The largest absolute Gasteiger partial charge is 0.444 e. The van der Waals surface area contributed by atoms with Crippen LogP contribution < -0.4 is 0 Å². The fraction of sp³-hybridized carbons (Fsp3) is 0.619. The Kier molecular flexibility index (Phi) is 4.23. The predicted octanol–water partition coefficient (Wildman–Crippen LogP) is 5.14. The fourth-order valence-electron chi connectivity index (χ4n) is 4.11. The average molecular weight is 376 g/mol. The van der Waals surface area contributed by atoms with Crippen LogP contribution in [0.3, 0.4) is 0 Å². The second kappa shape index (κ2) is 7.15. The van der Waals surface area contributed by atoms with Gasteiger partial charge in [0.2, 0.25) is 0 Å². The number of amides is 1. The van der Waals surface area contributed by atoms with Crippen molar-refractivity contribution in [2.75, 3.05) is 12.7 Å². The van der Waals surface area contributed by atoms with E-state index in [1.807, 2.05) is 32.9 Å². The van der Waals surface area contributed by atoms with Gasteiger partial charge in [-0.05, 0) is 75.7 Å². The summed E-state index contributed by atoms with van der Waals surface area (Å²) in [6.45, 7) is 6.16. The number of ether oxygens (including phenoxy) is 1. The number of nitriles is 1.